The Morgan fingerprint density at radius 3 is 2.40 bits per heavy atom. The molecule has 1 atom stereocenters. The molecule has 162 valence electrons. The first-order valence-corrected chi connectivity index (χ1v) is 11.4. The number of carbonyl (C=O) groups excluding carboxylic acids is 1. The Labute approximate surface area is 176 Å². The third-order valence-electron chi connectivity index (χ3n) is 4.31. The van der Waals surface area contributed by atoms with Gasteiger partial charge < -0.3 is 19.7 Å². The minimum absolute atomic E-state index is 0.0624. The Morgan fingerprint density at radius 1 is 1.20 bits per heavy atom. The zero-order valence-corrected chi connectivity index (χ0v) is 18.3. The number of rotatable bonds is 4. The third-order valence-corrected chi connectivity index (χ3v) is 5.38. The number of ether oxygens (including phenoxy) is 2. The molecule has 1 amide bonds. The first-order chi connectivity index (χ1) is 14.0. The van der Waals surface area contributed by atoms with E-state index < -0.39 is 15.4 Å². The van der Waals surface area contributed by atoms with E-state index in [9.17, 15) is 13.2 Å². The van der Waals surface area contributed by atoms with Crippen LogP contribution >= 0.6 is 0 Å². The van der Waals surface area contributed by atoms with E-state index in [4.69, 9.17) is 9.47 Å². The Morgan fingerprint density at radius 2 is 1.83 bits per heavy atom. The number of hydrogen-bond donors (Lipinski definition) is 1. The molecule has 1 aromatic carbocycles. The van der Waals surface area contributed by atoms with E-state index in [0.29, 0.717) is 25.6 Å². The van der Waals surface area contributed by atoms with E-state index in [-0.39, 0.29) is 17.1 Å². The summed E-state index contributed by atoms with van der Waals surface area (Å²) < 4.78 is 34.2. The Hall–Kier alpha value is -2.72. The molecular weight excluding hydrogens is 408 g/mol. The van der Waals surface area contributed by atoms with E-state index in [1.807, 2.05) is 45.0 Å². The maximum atomic E-state index is 12.3. The highest BCUT2D eigenvalue weighted by molar-refractivity contribution is 7.90. The van der Waals surface area contributed by atoms with Gasteiger partial charge in [0.25, 0.3) is 0 Å². The predicted octanol–water partition coefficient (Wildman–Crippen LogP) is 2.93. The molecule has 2 aromatic rings. The van der Waals surface area contributed by atoms with Crippen molar-refractivity contribution in [2.24, 2.45) is 0 Å². The van der Waals surface area contributed by atoms with Gasteiger partial charge in [0.05, 0.1) is 25.5 Å². The van der Waals surface area contributed by atoms with E-state index in [1.165, 1.54) is 12.4 Å². The summed E-state index contributed by atoms with van der Waals surface area (Å²) in [6, 6.07) is 7.49. The van der Waals surface area contributed by atoms with Crippen molar-refractivity contribution in [1.29, 1.82) is 0 Å². The molecule has 1 aromatic heterocycles. The van der Waals surface area contributed by atoms with Crippen molar-refractivity contribution in [3.8, 4) is 0 Å². The standard InChI is InChI=1S/C20H26N4O5S/c1-20(2,3)29-19(25)24-9-10-28-17(13-24)14-5-7-15(8-6-14)23-18-21-11-16(12-22-18)30(4,26)27/h5-8,11-12,17H,9-10,13H2,1-4H3,(H,21,22,23). The van der Waals surface area contributed by atoms with Crippen molar-refractivity contribution in [3.63, 3.8) is 0 Å². The lowest BCUT2D eigenvalue weighted by Gasteiger charge is -2.34. The molecule has 1 fully saturated rings. The second kappa shape index (κ2) is 8.57. The first kappa shape index (κ1) is 22.0. The van der Waals surface area contributed by atoms with Gasteiger partial charge in [0.2, 0.25) is 5.95 Å². The molecule has 0 aliphatic carbocycles. The van der Waals surface area contributed by atoms with Gasteiger partial charge in [0, 0.05) is 18.5 Å². The molecule has 3 rings (SSSR count). The summed E-state index contributed by atoms with van der Waals surface area (Å²) in [7, 11) is -3.34. The van der Waals surface area contributed by atoms with Gasteiger partial charge in [-0.15, -0.1) is 0 Å². The van der Waals surface area contributed by atoms with Crippen LogP contribution < -0.4 is 5.32 Å². The number of nitrogens with one attached hydrogen (secondary N) is 1. The summed E-state index contributed by atoms with van der Waals surface area (Å²) >= 11 is 0. The molecule has 9 nitrogen and oxygen atoms in total. The molecule has 30 heavy (non-hydrogen) atoms. The lowest BCUT2D eigenvalue weighted by atomic mass is 10.1. The van der Waals surface area contributed by atoms with Gasteiger partial charge in [0.15, 0.2) is 9.84 Å². The normalized spacial score (nSPS) is 17.5. The Balaban J connectivity index is 1.63. The lowest BCUT2D eigenvalue weighted by molar-refractivity contribution is -0.0432. The van der Waals surface area contributed by atoms with E-state index in [2.05, 4.69) is 15.3 Å². The maximum Gasteiger partial charge on any atom is 0.410 e. The molecule has 1 unspecified atom stereocenters. The van der Waals surface area contributed by atoms with Gasteiger partial charge in [-0.2, -0.15) is 0 Å². The molecule has 1 aliphatic rings. The topological polar surface area (TPSA) is 111 Å². The van der Waals surface area contributed by atoms with Crippen LogP contribution in [0.1, 0.15) is 32.4 Å². The number of morpholine rings is 1. The molecule has 1 saturated heterocycles. The van der Waals surface area contributed by atoms with Gasteiger partial charge in [-0.1, -0.05) is 12.1 Å². The molecule has 0 saturated carbocycles. The van der Waals surface area contributed by atoms with Gasteiger partial charge >= 0.3 is 6.09 Å². The number of sulfone groups is 1. The average Bonchev–Trinajstić information content (AvgIpc) is 2.67. The van der Waals surface area contributed by atoms with Crippen molar-refractivity contribution >= 4 is 27.6 Å². The fourth-order valence-electron chi connectivity index (χ4n) is 2.83. The zero-order valence-electron chi connectivity index (χ0n) is 17.5. The van der Waals surface area contributed by atoms with Crippen molar-refractivity contribution in [3.05, 3.63) is 42.2 Å². The molecule has 1 N–H and O–H groups in total. The number of benzene rings is 1. The van der Waals surface area contributed by atoms with Crippen LogP contribution in [0.2, 0.25) is 0 Å². The number of amides is 1. The van der Waals surface area contributed by atoms with Gasteiger partial charge in [-0.3, -0.25) is 0 Å². The minimum atomic E-state index is -3.34. The highest BCUT2D eigenvalue weighted by Gasteiger charge is 2.28. The molecule has 10 heteroatoms. The van der Waals surface area contributed by atoms with Crippen molar-refractivity contribution < 1.29 is 22.7 Å². The quantitative estimate of drug-likeness (QED) is 0.782. The Bertz CT molecular complexity index is 985. The Kier molecular flexibility index (Phi) is 6.27. The summed E-state index contributed by atoms with van der Waals surface area (Å²) in [6.45, 7) is 6.86. The minimum Gasteiger partial charge on any atom is -0.444 e. The van der Waals surface area contributed by atoms with Crippen LogP contribution in [0.25, 0.3) is 0 Å². The highest BCUT2D eigenvalue weighted by Crippen LogP contribution is 2.25. The summed E-state index contributed by atoms with van der Waals surface area (Å²) in [5.41, 5.74) is 1.13. The summed E-state index contributed by atoms with van der Waals surface area (Å²) in [5, 5.41) is 3.02. The van der Waals surface area contributed by atoms with Crippen LogP contribution in [0.4, 0.5) is 16.4 Å². The summed E-state index contributed by atoms with van der Waals surface area (Å²) in [4.78, 5) is 22.1. The van der Waals surface area contributed by atoms with Crippen LogP contribution in [0.5, 0.6) is 0 Å². The van der Waals surface area contributed by atoms with Crippen LogP contribution in [0.15, 0.2) is 41.6 Å². The van der Waals surface area contributed by atoms with Crippen LogP contribution in [0.3, 0.4) is 0 Å². The fraction of sp³-hybridized carbons (Fsp3) is 0.450. The lowest BCUT2D eigenvalue weighted by Crippen LogP contribution is -2.44. The molecular formula is C20H26N4O5S. The summed E-state index contributed by atoms with van der Waals surface area (Å²) in [6.07, 6.45) is 3.05. The van der Waals surface area contributed by atoms with Crippen LogP contribution in [-0.2, 0) is 19.3 Å². The number of aromatic nitrogens is 2. The van der Waals surface area contributed by atoms with Crippen LogP contribution in [-0.4, -0.2) is 60.9 Å². The number of hydrogen-bond acceptors (Lipinski definition) is 8. The van der Waals surface area contributed by atoms with Crippen LogP contribution in [0, 0.1) is 0 Å². The zero-order chi connectivity index (χ0) is 21.9. The molecule has 1 aliphatic heterocycles. The van der Waals surface area contributed by atoms with Gasteiger partial charge in [0.1, 0.15) is 16.6 Å². The smallest absolute Gasteiger partial charge is 0.410 e. The SMILES string of the molecule is CC(C)(C)OC(=O)N1CCOC(c2ccc(Nc3ncc(S(C)(=O)=O)cn3)cc2)C1. The van der Waals surface area contributed by atoms with E-state index in [1.54, 1.807) is 4.90 Å². The highest BCUT2D eigenvalue weighted by atomic mass is 32.2. The summed E-state index contributed by atoms with van der Waals surface area (Å²) in [5.74, 6) is 0.292. The maximum absolute atomic E-state index is 12.3. The largest absolute Gasteiger partial charge is 0.444 e. The first-order valence-electron chi connectivity index (χ1n) is 9.50. The fourth-order valence-corrected chi connectivity index (χ4v) is 3.31. The molecule has 0 spiro atoms. The van der Waals surface area contributed by atoms with Gasteiger partial charge in [-0.25, -0.2) is 23.2 Å². The molecule has 0 bridgehead atoms. The average molecular weight is 435 g/mol. The van der Waals surface area contributed by atoms with Crippen molar-refractivity contribution in [2.75, 3.05) is 31.3 Å². The predicted molar refractivity (Wildman–Crippen MR) is 111 cm³/mol. The van der Waals surface area contributed by atoms with Crippen molar-refractivity contribution in [1.82, 2.24) is 14.9 Å². The molecule has 2 heterocycles. The molecule has 0 radical (unpaired) electrons. The van der Waals surface area contributed by atoms with E-state index >= 15 is 0 Å². The van der Waals surface area contributed by atoms with E-state index in [0.717, 1.165) is 17.5 Å². The van der Waals surface area contributed by atoms with Crippen molar-refractivity contribution in [2.45, 2.75) is 37.4 Å². The number of anilines is 2. The number of carbonyl (C=O) groups is 1. The third kappa shape index (κ3) is 5.90. The number of nitrogens with zero attached hydrogens (tertiary/aromatic N) is 3. The second-order valence-electron chi connectivity index (χ2n) is 8.05. The monoisotopic (exact) mass is 434 g/mol. The van der Waals surface area contributed by atoms with Gasteiger partial charge in [-0.05, 0) is 38.5 Å². The second-order valence-corrected chi connectivity index (χ2v) is 10.1.